The Hall–Kier alpha value is -2.97. The van der Waals surface area contributed by atoms with Crippen LogP contribution in [0, 0.1) is 17.8 Å². The molecule has 8 nitrogen and oxygen atoms in total. The molecule has 1 aliphatic carbocycles. The first-order chi connectivity index (χ1) is 18.4. The molecule has 2 aromatic rings. The zero-order valence-electron chi connectivity index (χ0n) is 22.6. The third kappa shape index (κ3) is 2.75. The molecule has 8 heteroatoms. The summed E-state index contributed by atoms with van der Waals surface area (Å²) < 4.78 is 23.2. The number of carbonyl (C=O) groups excluding carboxylic acids is 1. The lowest BCUT2D eigenvalue weighted by atomic mass is 9.62. The summed E-state index contributed by atoms with van der Waals surface area (Å²) >= 11 is 0. The van der Waals surface area contributed by atoms with Crippen LogP contribution in [0.1, 0.15) is 42.1 Å². The quantitative estimate of drug-likeness (QED) is 0.581. The molecule has 0 amide bonds. The lowest BCUT2D eigenvalue weighted by Crippen LogP contribution is -2.72. The Morgan fingerprint density at radius 2 is 1.79 bits per heavy atom. The van der Waals surface area contributed by atoms with Crippen molar-refractivity contribution in [3.8, 4) is 17.2 Å². The summed E-state index contributed by atoms with van der Waals surface area (Å²) in [6.07, 6.45) is 2.09. The molecule has 2 aromatic carbocycles. The topological polar surface area (TPSA) is 80.7 Å². The number of likely N-dealkylation sites (N-methyl/N-ethyl adjacent to an activating group) is 1. The van der Waals surface area contributed by atoms with E-state index in [9.17, 15) is 9.90 Å². The number of hydrogen-bond donors (Lipinski definition) is 1. The Morgan fingerprint density at radius 1 is 1.08 bits per heavy atom. The van der Waals surface area contributed by atoms with Gasteiger partial charge in [-0.15, -0.1) is 0 Å². The van der Waals surface area contributed by atoms with Crippen LogP contribution in [0.25, 0.3) is 0 Å². The van der Waals surface area contributed by atoms with Crippen molar-refractivity contribution >= 4 is 11.7 Å². The van der Waals surface area contributed by atoms with Crippen LogP contribution >= 0.6 is 0 Å². The zero-order chi connectivity index (χ0) is 26.5. The lowest BCUT2D eigenvalue weighted by molar-refractivity contribution is -0.211. The first-order valence-corrected chi connectivity index (χ1v) is 13.7. The van der Waals surface area contributed by atoms with Crippen LogP contribution < -0.4 is 19.1 Å². The fourth-order valence-electron chi connectivity index (χ4n) is 9.41. The van der Waals surface area contributed by atoms with Crippen LogP contribution in [0.4, 0.5) is 5.69 Å². The Kier molecular flexibility index (Phi) is 5.24. The van der Waals surface area contributed by atoms with Crippen LogP contribution in [0.3, 0.4) is 0 Å². The predicted octanol–water partition coefficient (Wildman–Crippen LogP) is 3.45. The van der Waals surface area contributed by atoms with Crippen molar-refractivity contribution in [2.45, 2.75) is 62.1 Å². The summed E-state index contributed by atoms with van der Waals surface area (Å²) in [7, 11) is 6.80. The maximum atomic E-state index is 13.9. The van der Waals surface area contributed by atoms with E-state index in [1.54, 1.807) is 33.5 Å². The zero-order valence-corrected chi connectivity index (χ0v) is 22.6. The second-order valence-electron chi connectivity index (χ2n) is 11.6. The number of methoxy groups -OCH3 is 3. The van der Waals surface area contributed by atoms with Gasteiger partial charge >= 0.3 is 5.97 Å². The number of carbonyl (C=O) groups is 1. The molecule has 0 radical (unpaired) electrons. The van der Waals surface area contributed by atoms with Crippen LogP contribution in [0.2, 0.25) is 0 Å². The van der Waals surface area contributed by atoms with Crippen molar-refractivity contribution in [1.29, 1.82) is 0 Å². The number of piperidine rings is 4. The van der Waals surface area contributed by atoms with E-state index in [1.807, 2.05) is 0 Å². The number of hydrogen-bond acceptors (Lipinski definition) is 8. The van der Waals surface area contributed by atoms with Gasteiger partial charge in [0.25, 0.3) is 0 Å². The summed E-state index contributed by atoms with van der Waals surface area (Å²) in [6.45, 7) is 2.17. The van der Waals surface area contributed by atoms with E-state index in [-0.39, 0.29) is 47.4 Å². The highest BCUT2D eigenvalue weighted by Crippen LogP contribution is 2.69. The molecule has 10 atom stereocenters. The maximum absolute atomic E-state index is 13.9. The monoisotopic (exact) mass is 520 g/mol. The van der Waals surface area contributed by atoms with E-state index in [0.717, 1.165) is 19.3 Å². The number of fused-ring (bicyclic) bond motifs is 2. The van der Waals surface area contributed by atoms with E-state index in [0.29, 0.717) is 28.7 Å². The normalized spacial score (nSPS) is 39.1. The molecule has 8 rings (SSSR count). The molecule has 1 saturated carbocycles. The minimum Gasteiger partial charge on any atom is -0.493 e. The van der Waals surface area contributed by atoms with Gasteiger partial charge in [0.1, 0.15) is 12.3 Å². The number of benzene rings is 2. The number of rotatable bonds is 6. The standard InChI is InChI=1S/C30H36N2O6/c1-6-16-17-13-20-26-30(18-9-7-8-10-19(18)31(26)2)14-21(32(20)28(16)33)24(17)27(30)38-29(34)15-11-22(35-3)25(37-5)23(12-15)36-4/h7-12,16-17,20-21,24,26-28,33H,6,13-14H2,1-5H3/t16-,17?,20-,21-,24?,26-,27?,28+,30?/m0/s1. The largest absolute Gasteiger partial charge is 0.493 e. The molecule has 0 aromatic heterocycles. The van der Waals surface area contributed by atoms with Gasteiger partial charge in [0.05, 0.1) is 38.3 Å². The Morgan fingerprint density at radius 3 is 2.45 bits per heavy atom. The predicted molar refractivity (Wildman–Crippen MR) is 141 cm³/mol. The van der Waals surface area contributed by atoms with Gasteiger partial charge in [-0.3, -0.25) is 4.90 Å². The van der Waals surface area contributed by atoms with Crippen LogP contribution in [0.15, 0.2) is 36.4 Å². The summed E-state index contributed by atoms with van der Waals surface area (Å²) in [6, 6.07) is 12.5. The van der Waals surface area contributed by atoms with E-state index < -0.39 is 6.23 Å². The summed E-state index contributed by atoms with van der Waals surface area (Å²) in [4.78, 5) is 18.7. The molecule has 5 heterocycles. The van der Waals surface area contributed by atoms with E-state index >= 15 is 0 Å². The average Bonchev–Trinajstić information content (AvgIpc) is 3.34. The van der Waals surface area contributed by atoms with E-state index in [4.69, 9.17) is 18.9 Å². The second kappa shape index (κ2) is 8.26. The SMILES string of the molecule is CC[C@H]1C2C[C@H]3[C@@H]4N(C)c5ccccc5C45C[C@@H](C2C5OC(=O)c2cc(OC)c(OC)c(OC)c2)N3[C@@H]1O. The number of aliphatic hydroxyl groups excluding tert-OH is 1. The second-order valence-corrected chi connectivity index (χ2v) is 11.6. The number of anilines is 1. The number of aliphatic hydroxyl groups is 1. The van der Waals surface area contributed by atoms with Gasteiger partial charge < -0.3 is 29.0 Å². The Balaban J connectivity index is 1.35. The minimum atomic E-state index is -0.440. The molecule has 4 saturated heterocycles. The Labute approximate surface area is 223 Å². The van der Waals surface area contributed by atoms with Crippen molar-refractivity contribution in [3.05, 3.63) is 47.5 Å². The summed E-state index contributed by atoms with van der Waals surface area (Å²) in [5, 5.41) is 11.5. The maximum Gasteiger partial charge on any atom is 0.338 e. The number of esters is 1. The van der Waals surface area contributed by atoms with Crippen LogP contribution in [0.5, 0.6) is 17.2 Å². The Bertz CT molecular complexity index is 1270. The van der Waals surface area contributed by atoms with Crippen molar-refractivity contribution < 1.29 is 28.8 Å². The molecular formula is C30H36N2O6. The first-order valence-electron chi connectivity index (χ1n) is 13.7. The molecule has 5 unspecified atom stereocenters. The third-order valence-corrected chi connectivity index (χ3v) is 10.6. The van der Waals surface area contributed by atoms with Gasteiger partial charge in [0, 0.05) is 36.7 Å². The average molecular weight is 521 g/mol. The van der Waals surface area contributed by atoms with Gasteiger partial charge in [-0.1, -0.05) is 25.1 Å². The smallest absolute Gasteiger partial charge is 0.338 e. The van der Waals surface area contributed by atoms with Gasteiger partial charge in [0.15, 0.2) is 11.5 Å². The molecular weight excluding hydrogens is 484 g/mol. The van der Waals surface area contributed by atoms with Crippen LogP contribution in [-0.4, -0.2) is 74.8 Å². The number of para-hydroxylation sites is 1. The summed E-state index contributed by atoms with van der Waals surface area (Å²) in [5.41, 5.74) is 2.55. The van der Waals surface area contributed by atoms with Crippen molar-refractivity contribution in [3.63, 3.8) is 0 Å². The van der Waals surface area contributed by atoms with Crippen molar-refractivity contribution in [2.24, 2.45) is 17.8 Å². The van der Waals surface area contributed by atoms with Gasteiger partial charge in [-0.05, 0) is 48.9 Å². The fraction of sp³-hybridized carbons (Fsp3) is 0.567. The highest BCUT2D eigenvalue weighted by molar-refractivity contribution is 5.91. The first kappa shape index (κ1) is 24.1. The lowest BCUT2D eigenvalue weighted by Gasteiger charge is -2.62. The van der Waals surface area contributed by atoms with E-state index in [2.05, 4.69) is 48.0 Å². The van der Waals surface area contributed by atoms with Gasteiger partial charge in [-0.25, -0.2) is 4.79 Å². The molecule has 1 spiro atoms. The van der Waals surface area contributed by atoms with Crippen molar-refractivity contribution in [1.82, 2.24) is 4.90 Å². The summed E-state index contributed by atoms with van der Waals surface area (Å²) in [5.74, 6) is 1.58. The molecule has 38 heavy (non-hydrogen) atoms. The number of ether oxygens (including phenoxy) is 4. The molecule has 1 N–H and O–H groups in total. The molecule has 5 aliphatic heterocycles. The van der Waals surface area contributed by atoms with Gasteiger partial charge in [-0.2, -0.15) is 0 Å². The molecule has 6 aliphatic rings. The molecule has 202 valence electrons. The van der Waals surface area contributed by atoms with Crippen LogP contribution in [-0.2, 0) is 10.2 Å². The third-order valence-electron chi connectivity index (χ3n) is 10.6. The molecule has 5 fully saturated rings. The van der Waals surface area contributed by atoms with Gasteiger partial charge in [0.2, 0.25) is 5.75 Å². The highest BCUT2D eigenvalue weighted by atomic mass is 16.5. The fourth-order valence-corrected chi connectivity index (χ4v) is 9.41. The minimum absolute atomic E-state index is 0.136. The van der Waals surface area contributed by atoms with Crippen molar-refractivity contribution in [2.75, 3.05) is 33.3 Å². The highest BCUT2D eigenvalue weighted by Gasteiger charge is 2.77. The molecule has 6 bridgehead atoms. The number of nitrogens with zero attached hydrogens (tertiary/aromatic N) is 2. The van der Waals surface area contributed by atoms with E-state index in [1.165, 1.54) is 11.3 Å².